The van der Waals surface area contributed by atoms with E-state index < -0.39 is 6.10 Å². The molecule has 0 unspecified atom stereocenters. The van der Waals surface area contributed by atoms with Crippen LogP contribution in [0.3, 0.4) is 0 Å². The van der Waals surface area contributed by atoms with Crippen molar-refractivity contribution in [3.63, 3.8) is 0 Å². The number of nitrogens with one attached hydrogen (secondary N) is 1. The molecule has 1 fully saturated rings. The predicted molar refractivity (Wildman–Crippen MR) is 115 cm³/mol. The number of aryl methyl sites for hydroxylation is 1. The van der Waals surface area contributed by atoms with Gasteiger partial charge in [-0.15, -0.1) is 0 Å². The highest BCUT2D eigenvalue weighted by atomic mass is 16.5. The lowest BCUT2D eigenvalue weighted by molar-refractivity contribution is -0.127. The zero-order valence-corrected chi connectivity index (χ0v) is 17.4. The Morgan fingerprint density at radius 3 is 2.25 bits per heavy atom. The summed E-state index contributed by atoms with van der Waals surface area (Å²) in [5.74, 6) is 1.43. The normalized spacial score (nSPS) is 17.1. The second-order valence-electron chi connectivity index (χ2n) is 8.06. The molecule has 2 atom stereocenters. The van der Waals surface area contributed by atoms with E-state index in [9.17, 15) is 4.79 Å². The number of carbonyl (C=O) groups is 1. The van der Waals surface area contributed by atoms with Crippen LogP contribution < -0.4 is 15.0 Å². The Balaban J connectivity index is 1.53. The average Bonchev–Trinajstić information content (AvgIpc) is 2.70. The Morgan fingerprint density at radius 2 is 1.64 bits per heavy atom. The summed E-state index contributed by atoms with van der Waals surface area (Å²) in [4.78, 5) is 14.9. The molecule has 1 heterocycles. The number of anilines is 1. The fourth-order valence-corrected chi connectivity index (χ4v) is 3.53. The summed E-state index contributed by atoms with van der Waals surface area (Å²) >= 11 is 0. The molecule has 2 aromatic rings. The number of benzene rings is 2. The molecule has 0 aliphatic carbocycles. The molecule has 1 aliphatic rings. The van der Waals surface area contributed by atoms with Crippen molar-refractivity contribution in [1.82, 2.24) is 5.32 Å². The molecular weight excluding hydrogens is 348 g/mol. The number of nitrogens with zero attached hydrogens (tertiary/aromatic N) is 1. The molecule has 1 aliphatic heterocycles. The Bertz CT molecular complexity index is 762. The first-order chi connectivity index (χ1) is 13.4. The smallest absolute Gasteiger partial charge is 0.261 e. The van der Waals surface area contributed by atoms with Crippen LogP contribution in [0.1, 0.15) is 50.8 Å². The summed E-state index contributed by atoms with van der Waals surface area (Å²) in [7, 11) is 0. The van der Waals surface area contributed by atoms with E-state index in [1.165, 1.54) is 24.1 Å². The fraction of sp³-hybridized carbons (Fsp3) is 0.458. The van der Waals surface area contributed by atoms with Gasteiger partial charge < -0.3 is 15.0 Å². The Hall–Kier alpha value is -2.49. The van der Waals surface area contributed by atoms with Gasteiger partial charge in [-0.25, -0.2) is 0 Å². The van der Waals surface area contributed by atoms with Crippen molar-refractivity contribution in [2.45, 2.75) is 52.7 Å². The maximum absolute atomic E-state index is 12.5. The summed E-state index contributed by atoms with van der Waals surface area (Å²) in [5, 5.41) is 3.05. The quantitative estimate of drug-likeness (QED) is 0.777. The third-order valence-electron chi connectivity index (χ3n) is 5.60. The molecule has 0 bridgehead atoms. The van der Waals surface area contributed by atoms with E-state index in [1.54, 1.807) is 6.92 Å². The van der Waals surface area contributed by atoms with E-state index in [4.69, 9.17) is 4.74 Å². The van der Waals surface area contributed by atoms with E-state index in [1.807, 2.05) is 38.1 Å². The third kappa shape index (κ3) is 5.28. The van der Waals surface area contributed by atoms with Gasteiger partial charge in [-0.2, -0.15) is 0 Å². The van der Waals surface area contributed by atoms with Crippen LogP contribution in [0.25, 0.3) is 0 Å². The second kappa shape index (κ2) is 9.13. The summed E-state index contributed by atoms with van der Waals surface area (Å²) in [6.45, 7) is 10.4. The molecule has 1 N–H and O–H groups in total. The van der Waals surface area contributed by atoms with Gasteiger partial charge >= 0.3 is 0 Å². The van der Waals surface area contributed by atoms with Gasteiger partial charge in [0, 0.05) is 18.8 Å². The number of piperidine rings is 1. The van der Waals surface area contributed by atoms with Crippen LogP contribution in [-0.4, -0.2) is 25.1 Å². The van der Waals surface area contributed by atoms with Crippen LogP contribution in [0.2, 0.25) is 0 Å². The maximum Gasteiger partial charge on any atom is 0.261 e. The van der Waals surface area contributed by atoms with Crippen molar-refractivity contribution >= 4 is 11.6 Å². The average molecular weight is 381 g/mol. The van der Waals surface area contributed by atoms with Crippen molar-refractivity contribution in [1.29, 1.82) is 0 Å². The van der Waals surface area contributed by atoms with E-state index in [0.29, 0.717) is 5.75 Å². The molecule has 0 aromatic heterocycles. The van der Waals surface area contributed by atoms with Crippen LogP contribution in [-0.2, 0) is 4.79 Å². The Labute approximate surface area is 168 Å². The topological polar surface area (TPSA) is 41.6 Å². The zero-order chi connectivity index (χ0) is 20.1. The van der Waals surface area contributed by atoms with Crippen molar-refractivity contribution in [3.05, 3.63) is 59.7 Å². The van der Waals surface area contributed by atoms with Crippen LogP contribution in [0.5, 0.6) is 5.75 Å². The fourth-order valence-electron chi connectivity index (χ4n) is 3.53. The van der Waals surface area contributed by atoms with Crippen LogP contribution in [0, 0.1) is 12.8 Å². The molecule has 1 amide bonds. The van der Waals surface area contributed by atoms with E-state index in [2.05, 4.69) is 41.4 Å². The largest absolute Gasteiger partial charge is 0.481 e. The van der Waals surface area contributed by atoms with Gasteiger partial charge in [0.1, 0.15) is 5.75 Å². The lowest BCUT2D eigenvalue weighted by Crippen LogP contribution is -2.37. The number of carbonyl (C=O) groups excluding carboxylic acids is 1. The van der Waals surface area contributed by atoms with Gasteiger partial charge in [0.05, 0.1) is 6.04 Å². The summed E-state index contributed by atoms with van der Waals surface area (Å²) < 4.78 is 5.76. The summed E-state index contributed by atoms with van der Waals surface area (Å²) in [6.07, 6.45) is 1.97. The molecule has 0 saturated carbocycles. The summed E-state index contributed by atoms with van der Waals surface area (Å²) in [6, 6.07) is 16.2. The Kier molecular flexibility index (Phi) is 6.61. The Morgan fingerprint density at radius 1 is 1.04 bits per heavy atom. The van der Waals surface area contributed by atoms with Gasteiger partial charge in [-0.1, -0.05) is 36.8 Å². The van der Waals surface area contributed by atoms with Crippen molar-refractivity contribution < 1.29 is 9.53 Å². The standard InChI is InChI=1S/C24H32N2O2/c1-17-5-11-23(12-6-17)28-20(4)24(27)25-19(3)21-7-9-22(10-8-21)26-15-13-18(2)14-16-26/h5-12,18-20H,13-16H2,1-4H3,(H,25,27)/t19-,20-/m0/s1. The van der Waals surface area contributed by atoms with Gasteiger partial charge in [-0.3, -0.25) is 4.79 Å². The molecule has 4 heteroatoms. The highest BCUT2D eigenvalue weighted by molar-refractivity contribution is 5.81. The lowest BCUT2D eigenvalue weighted by atomic mass is 9.98. The first-order valence-electron chi connectivity index (χ1n) is 10.3. The molecule has 2 aromatic carbocycles. The van der Waals surface area contributed by atoms with Gasteiger partial charge in [0.25, 0.3) is 5.91 Å². The molecular formula is C24H32N2O2. The third-order valence-corrected chi connectivity index (χ3v) is 5.60. The van der Waals surface area contributed by atoms with Gasteiger partial charge in [-0.05, 0) is 69.4 Å². The minimum atomic E-state index is -0.542. The molecule has 150 valence electrons. The lowest BCUT2D eigenvalue weighted by Gasteiger charge is -2.32. The molecule has 0 radical (unpaired) electrons. The van der Waals surface area contributed by atoms with E-state index >= 15 is 0 Å². The van der Waals surface area contributed by atoms with Crippen molar-refractivity contribution in [2.75, 3.05) is 18.0 Å². The van der Waals surface area contributed by atoms with E-state index in [-0.39, 0.29) is 11.9 Å². The maximum atomic E-state index is 12.5. The number of amides is 1. The number of hydrogen-bond donors (Lipinski definition) is 1. The highest BCUT2D eigenvalue weighted by Gasteiger charge is 2.19. The highest BCUT2D eigenvalue weighted by Crippen LogP contribution is 2.24. The number of ether oxygens (including phenoxy) is 1. The van der Waals surface area contributed by atoms with E-state index in [0.717, 1.165) is 24.6 Å². The van der Waals surface area contributed by atoms with Crippen LogP contribution in [0.4, 0.5) is 5.69 Å². The number of rotatable bonds is 6. The number of hydrogen-bond acceptors (Lipinski definition) is 3. The molecule has 4 nitrogen and oxygen atoms in total. The van der Waals surface area contributed by atoms with Crippen molar-refractivity contribution in [3.8, 4) is 5.75 Å². The van der Waals surface area contributed by atoms with Crippen molar-refractivity contribution in [2.24, 2.45) is 5.92 Å². The molecule has 28 heavy (non-hydrogen) atoms. The summed E-state index contributed by atoms with van der Waals surface area (Å²) in [5.41, 5.74) is 3.54. The molecule has 3 rings (SSSR count). The van der Waals surface area contributed by atoms with Gasteiger partial charge in [0.2, 0.25) is 0 Å². The SMILES string of the molecule is Cc1ccc(O[C@@H](C)C(=O)N[C@@H](C)c2ccc(N3CCC(C)CC3)cc2)cc1. The molecule has 1 saturated heterocycles. The zero-order valence-electron chi connectivity index (χ0n) is 17.4. The minimum Gasteiger partial charge on any atom is -0.481 e. The first kappa shape index (κ1) is 20.2. The first-order valence-corrected chi connectivity index (χ1v) is 10.3. The second-order valence-corrected chi connectivity index (χ2v) is 8.06. The molecule has 0 spiro atoms. The monoisotopic (exact) mass is 380 g/mol. The van der Waals surface area contributed by atoms with Gasteiger partial charge in [0.15, 0.2) is 6.10 Å². The van der Waals surface area contributed by atoms with Crippen LogP contribution in [0.15, 0.2) is 48.5 Å². The predicted octanol–water partition coefficient (Wildman–Crippen LogP) is 4.88. The van der Waals surface area contributed by atoms with Crippen LogP contribution >= 0.6 is 0 Å². The minimum absolute atomic E-state index is 0.0630.